The van der Waals surface area contributed by atoms with Crippen molar-refractivity contribution in [2.24, 2.45) is 5.41 Å². The van der Waals surface area contributed by atoms with Crippen LogP contribution in [0.5, 0.6) is 0 Å². The Morgan fingerprint density at radius 1 is 1.14 bits per heavy atom. The van der Waals surface area contributed by atoms with Crippen molar-refractivity contribution >= 4 is 17.4 Å². The van der Waals surface area contributed by atoms with E-state index in [1.54, 1.807) is 0 Å². The van der Waals surface area contributed by atoms with Crippen LogP contribution in [-0.4, -0.2) is 43.3 Å². The van der Waals surface area contributed by atoms with E-state index in [0.717, 1.165) is 41.8 Å². The SMILES string of the molecule is CC(C)(C#N)N1Cc2cc(Cl)ccc2-n2c(nnc2C2CC3(C2)CN(c2ccc(F)c(C(F)F)n2)C3)C1. The molecule has 192 valence electrons. The molecular formula is C26H25ClF3N7. The first-order valence-electron chi connectivity index (χ1n) is 12.2. The molecule has 1 spiro atoms. The lowest BCUT2D eigenvalue weighted by atomic mass is 9.57. The molecule has 2 fully saturated rings. The fourth-order valence-electron chi connectivity index (χ4n) is 5.88. The molecule has 4 heterocycles. The summed E-state index contributed by atoms with van der Waals surface area (Å²) in [6.45, 7) is 6.19. The van der Waals surface area contributed by atoms with Crippen molar-refractivity contribution in [3.05, 3.63) is 64.1 Å². The highest BCUT2D eigenvalue weighted by Gasteiger charge is 2.54. The summed E-state index contributed by atoms with van der Waals surface area (Å²) in [7, 11) is 0. The van der Waals surface area contributed by atoms with Crippen LogP contribution < -0.4 is 4.90 Å². The lowest BCUT2D eigenvalue weighted by molar-refractivity contribution is 0.0579. The minimum absolute atomic E-state index is 0.0561. The molecule has 1 saturated carbocycles. The molecule has 0 bridgehead atoms. The first-order valence-corrected chi connectivity index (χ1v) is 12.6. The molecule has 37 heavy (non-hydrogen) atoms. The predicted octanol–water partition coefficient (Wildman–Crippen LogP) is 5.39. The average Bonchev–Trinajstić information content (AvgIpc) is 3.12. The van der Waals surface area contributed by atoms with E-state index in [2.05, 4.69) is 30.7 Å². The minimum Gasteiger partial charge on any atom is -0.355 e. The molecular weight excluding hydrogens is 503 g/mol. The van der Waals surface area contributed by atoms with E-state index >= 15 is 0 Å². The van der Waals surface area contributed by atoms with Crippen LogP contribution in [-0.2, 0) is 13.1 Å². The average molecular weight is 528 g/mol. The first kappa shape index (κ1) is 24.2. The molecule has 0 radical (unpaired) electrons. The van der Waals surface area contributed by atoms with Gasteiger partial charge in [-0.05, 0) is 62.6 Å². The van der Waals surface area contributed by atoms with E-state index in [-0.39, 0.29) is 11.3 Å². The van der Waals surface area contributed by atoms with Gasteiger partial charge in [-0.25, -0.2) is 18.2 Å². The van der Waals surface area contributed by atoms with Gasteiger partial charge in [0.2, 0.25) is 0 Å². The number of aromatic nitrogens is 4. The van der Waals surface area contributed by atoms with Crippen LogP contribution >= 0.6 is 11.6 Å². The number of anilines is 1. The number of nitrogens with zero attached hydrogens (tertiary/aromatic N) is 7. The van der Waals surface area contributed by atoms with Crippen molar-refractivity contribution in [3.8, 4) is 11.8 Å². The smallest absolute Gasteiger partial charge is 0.283 e. The molecule has 0 unspecified atom stereocenters. The quantitative estimate of drug-likeness (QED) is 0.452. The van der Waals surface area contributed by atoms with Gasteiger partial charge in [-0.3, -0.25) is 9.47 Å². The lowest BCUT2D eigenvalue weighted by Gasteiger charge is -2.59. The third-order valence-corrected chi connectivity index (χ3v) is 8.20. The highest BCUT2D eigenvalue weighted by molar-refractivity contribution is 6.30. The first-order chi connectivity index (χ1) is 17.6. The summed E-state index contributed by atoms with van der Waals surface area (Å²) < 4.78 is 41.9. The Bertz CT molecular complexity index is 1420. The largest absolute Gasteiger partial charge is 0.355 e. The van der Waals surface area contributed by atoms with Crippen molar-refractivity contribution < 1.29 is 13.2 Å². The molecule has 1 saturated heterocycles. The van der Waals surface area contributed by atoms with E-state index in [1.807, 2.05) is 36.9 Å². The van der Waals surface area contributed by atoms with Crippen LogP contribution in [0.15, 0.2) is 30.3 Å². The van der Waals surface area contributed by atoms with Gasteiger partial charge < -0.3 is 4.90 Å². The maximum absolute atomic E-state index is 13.6. The Morgan fingerprint density at radius 3 is 2.59 bits per heavy atom. The highest BCUT2D eigenvalue weighted by atomic mass is 35.5. The van der Waals surface area contributed by atoms with Crippen LogP contribution in [0.3, 0.4) is 0 Å². The van der Waals surface area contributed by atoms with E-state index < -0.39 is 23.5 Å². The number of alkyl halides is 2. The Balaban J connectivity index is 1.23. The van der Waals surface area contributed by atoms with Crippen molar-refractivity contribution in [2.45, 2.75) is 57.7 Å². The van der Waals surface area contributed by atoms with Crippen molar-refractivity contribution in [3.63, 3.8) is 0 Å². The number of hydrogen-bond donors (Lipinski definition) is 0. The van der Waals surface area contributed by atoms with E-state index in [0.29, 0.717) is 37.0 Å². The Morgan fingerprint density at radius 2 is 1.89 bits per heavy atom. The Kier molecular flexibility index (Phi) is 5.51. The van der Waals surface area contributed by atoms with Crippen LogP contribution in [0.2, 0.25) is 5.02 Å². The van der Waals surface area contributed by atoms with Crippen LogP contribution in [0.1, 0.15) is 61.9 Å². The zero-order valence-corrected chi connectivity index (χ0v) is 21.2. The second kappa shape index (κ2) is 8.43. The molecule has 6 rings (SSSR count). The lowest BCUT2D eigenvalue weighted by Crippen LogP contribution is -2.62. The summed E-state index contributed by atoms with van der Waals surface area (Å²) in [4.78, 5) is 7.86. The molecule has 1 aliphatic carbocycles. The predicted molar refractivity (Wildman–Crippen MR) is 131 cm³/mol. The van der Waals surface area contributed by atoms with E-state index in [1.165, 1.54) is 6.07 Å². The number of hydrogen-bond acceptors (Lipinski definition) is 6. The summed E-state index contributed by atoms with van der Waals surface area (Å²) in [5.74, 6) is 1.27. The number of pyridine rings is 1. The third kappa shape index (κ3) is 3.96. The summed E-state index contributed by atoms with van der Waals surface area (Å²) >= 11 is 6.34. The molecule has 11 heteroatoms. The van der Waals surface area contributed by atoms with Crippen LogP contribution in [0.4, 0.5) is 19.0 Å². The van der Waals surface area contributed by atoms with Gasteiger partial charge in [-0.2, -0.15) is 5.26 Å². The summed E-state index contributed by atoms with van der Waals surface area (Å²) in [6, 6.07) is 10.7. The van der Waals surface area contributed by atoms with Gasteiger partial charge in [-0.15, -0.1) is 10.2 Å². The second-order valence-electron chi connectivity index (χ2n) is 10.9. The molecule has 3 aliphatic rings. The number of rotatable bonds is 4. The minimum atomic E-state index is -2.95. The fraction of sp³-hybridized carbons (Fsp3) is 0.462. The molecule has 2 aliphatic heterocycles. The van der Waals surface area contributed by atoms with E-state index in [4.69, 9.17) is 11.6 Å². The summed E-state index contributed by atoms with van der Waals surface area (Å²) in [6.07, 6.45) is -1.17. The van der Waals surface area contributed by atoms with Gasteiger partial charge in [0, 0.05) is 36.0 Å². The topological polar surface area (TPSA) is 73.9 Å². The van der Waals surface area contributed by atoms with Gasteiger partial charge in [0.1, 0.15) is 22.9 Å². The molecule has 0 atom stereocenters. The van der Waals surface area contributed by atoms with Gasteiger partial charge in [0.15, 0.2) is 11.6 Å². The standard InChI is InChI=1S/C26H25ClF3N7/c1-25(2,12-31)36-10-15-7-17(27)3-5-19(15)37-21(11-36)33-34-24(37)16-8-26(9-16)13-35(14-26)20-6-4-18(28)22(32-20)23(29)30/h3-7,16,23H,8-11,13-14H2,1-2H3. The number of benzene rings is 1. The van der Waals surface area contributed by atoms with Gasteiger partial charge in [0.05, 0.1) is 18.3 Å². The molecule has 7 nitrogen and oxygen atoms in total. The van der Waals surface area contributed by atoms with Gasteiger partial charge in [0.25, 0.3) is 6.43 Å². The Hall–Kier alpha value is -3.16. The normalized spacial score (nSPS) is 19.1. The van der Waals surface area contributed by atoms with Crippen molar-refractivity contribution in [2.75, 3.05) is 18.0 Å². The molecule has 3 aromatic rings. The molecule has 0 N–H and O–H groups in total. The summed E-state index contributed by atoms with van der Waals surface area (Å²) in [5, 5.41) is 19.5. The van der Waals surface area contributed by atoms with Crippen LogP contribution in [0.25, 0.3) is 5.69 Å². The second-order valence-corrected chi connectivity index (χ2v) is 11.3. The number of fused-ring (bicyclic) bond motifs is 3. The number of nitriles is 1. The monoisotopic (exact) mass is 527 g/mol. The zero-order valence-electron chi connectivity index (χ0n) is 20.4. The van der Waals surface area contributed by atoms with Crippen molar-refractivity contribution in [1.29, 1.82) is 5.26 Å². The van der Waals surface area contributed by atoms with Gasteiger partial charge in [-0.1, -0.05) is 11.6 Å². The summed E-state index contributed by atoms with van der Waals surface area (Å²) in [5.41, 5.74) is 0.539. The van der Waals surface area contributed by atoms with Crippen molar-refractivity contribution in [1.82, 2.24) is 24.6 Å². The highest BCUT2D eigenvalue weighted by Crippen LogP contribution is 2.56. The zero-order chi connectivity index (χ0) is 26.1. The van der Waals surface area contributed by atoms with Crippen LogP contribution in [0, 0.1) is 22.6 Å². The van der Waals surface area contributed by atoms with E-state index in [9.17, 15) is 18.4 Å². The third-order valence-electron chi connectivity index (χ3n) is 7.96. The Labute approximate surface area is 217 Å². The molecule has 0 amide bonds. The number of halogens is 4. The maximum atomic E-state index is 13.6. The van der Waals surface area contributed by atoms with Gasteiger partial charge >= 0.3 is 0 Å². The maximum Gasteiger partial charge on any atom is 0.283 e. The molecule has 2 aromatic heterocycles. The molecule has 1 aromatic carbocycles. The fourth-order valence-corrected chi connectivity index (χ4v) is 6.08.